The van der Waals surface area contributed by atoms with Crippen LogP contribution >= 0.6 is 34.5 Å². The molecule has 240 valence electrons. The number of ether oxygens (including phenoxy) is 4. The second-order valence-electron chi connectivity index (χ2n) is 10.5. The summed E-state index contributed by atoms with van der Waals surface area (Å²) >= 11 is 14.3. The summed E-state index contributed by atoms with van der Waals surface area (Å²) < 4.78 is 24.8. The number of hydrogen-bond acceptors (Lipinski definition) is 8. The van der Waals surface area contributed by atoms with Crippen LogP contribution in [0.15, 0.2) is 94.4 Å². The molecule has 0 amide bonds. The van der Waals surface area contributed by atoms with Gasteiger partial charge in [-0.3, -0.25) is 9.36 Å². The fourth-order valence-electron chi connectivity index (χ4n) is 5.54. The Morgan fingerprint density at radius 2 is 1.72 bits per heavy atom. The van der Waals surface area contributed by atoms with Gasteiger partial charge in [-0.15, -0.1) is 0 Å². The predicted molar refractivity (Wildman–Crippen MR) is 185 cm³/mol. The van der Waals surface area contributed by atoms with Gasteiger partial charge in [-0.1, -0.05) is 83.1 Å². The second-order valence-corrected chi connectivity index (χ2v) is 12.3. The average Bonchev–Trinajstić information content (AvgIpc) is 3.39. The predicted octanol–water partition coefficient (Wildman–Crippen LogP) is 6.85. The fourth-order valence-corrected chi connectivity index (χ4v) is 7.06. The van der Waals surface area contributed by atoms with E-state index in [0.29, 0.717) is 61.0 Å². The van der Waals surface area contributed by atoms with Gasteiger partial charge in [0.1, 0.15) is 12.4 Å². The van der Waals surface area contributed by atoms with Gasteiger partial charge in [-0.05, 0) is 66.1 Å². The number of benzene rings is 4. The van der Waals surface area contributed by atoms with Crippen molar-refractivity contribution >= 4 is 57.4 Å². The number of halogens is 2. The van der Waals surface area contributed by atoms with Gasteiger partial charge in [0, 0.05) is 16.8 Å². The first-order valence-corrected chi connectivity index (χ1v) is 16.5. The molecular weight excluding hydrogens is 659 g/mol. The van der Waals surface area contributed by atoms with Gasteiger partial charge in [0.25, 0.3) is 5.56 Å². The second kappa shape index (κ2) is 14.0. The zero-order chi connectivity index (χ0) is 33.1. The quantitative estimate of drug-likeness (QED) is 0.149. The molecule has 1 atom stereocenters. The van der Waals surface area contributed by atoms with Crippen LogP contribution in [0.4, 0.5) is 0 Å². The van der Waals surface area contributed by atoms with E-state index in [0.717, 1.165) is 16.3 Å². The van der Waals surface area contributed by atoms with Gasteiger partial charge < -0.3 is 18.9 Å². The van der Waals surface area contributed by atoms with Gasteiger partial charge in [-0.2, -0.15) is 0 Å². The Bertz CT molecular complexity index is 2200. The first-order chi connectivity index (χ1) is 22.8. The molecule has 0 fully saturated rings. The number of rotatable bonds is 10. The number of carbonyl (C=O) groups excluding carboxylic acids is 1. The van der Waals surface area contributed by atoms with Crippen LogP contribution in [-0.2, 0) is 16.1 Å². The van der Waals surface area contributed by atoms with Crippen molar-refractivity contribution in [1.82, 2.24) is 4.57 Å². The third kappa shape index (κ3) is 6.52. The van der Waals surface area contributed by atoms with Crippen molar-refractivity contribution in [2.24, 2.45) is 4.99 Å². The Labute approximate surface area is 284 Å². The highest BCUT2D eigenvalue weighted by molar-refractivity contribution is 7.07. The molecule has 0 bridgehead atoms. The van der Waals surface area contributed by atoms with E-state index in [1.54, 1.807) is 36.4 Å². The lowest BCUT2D eigenvalue weighted by atomic mass is 9.97. The molecule has 11 heteroatoms. The molecule has 8 nitrogen and oxygen atoms in total. The lowest BCUT2D eigenvalue weighted by molar-refractivity contribution is -0.136. The van der Waals surface area contributed by atoms with E-state index in [9.17, 15) is 9.59 Å². The van der Waals surface area contributed by atoms with Crippen molar-refractivity contribution in [3.8, 4) is 17.2 Å². The molecule has 2 heterocycles. The van der Waals surface area contributed by atoms with E-state index in [4.69, 9.17) is 42.1 Å². The van der Waals surface area contributed by atoms with Crippen LogP contribution in [0.1, 0.15) is 36.6 Å². The van der Waals surface area contributed by atoms with E-state index in [1.165, 1.54) is 29.2 Å². The number of fused-ring (bicyclic) bond motifs is 2. The first-order valence-electron chi connectivity index (χ1n) is 14.9. The fraction of sp³-hybridized carbons (Fsp3) is 0.194. The van der Waals surface area contributed by atoms with Crippen LogP contribution in [0.2, 0.25) is 10.0 Å². The Hall–Kier alpha value is -4.57. The average molecular weight is 690 g/mol. The van der Waals surface area contributed by atoms with Gasteiger partial charge in [-0.25, -0.2) is 9.79 Å². The highest BCUT2D eigenvalue weighted by atomic mass is 35.5. The summed E-state index contributed by atoms with van der Waals surface area (Å²) in [6.45, 7) is 4.84. The third-order valence-corrected chi connectivity index (χ3v) is 9.08. The standard InChI is InChI=1S/C36H30Cl2N2O6S/c1-4-44-29-14-13-22(16-30(29)45-5-2)32-27(35(42)43-3)19-39-36-40(32)34(41)31(47-36)17-24-15-25(37)18-28(38)33(24)46-20-23-11-8-10-21-9-6-7-12-26(21)23/h6-19,32H,4-5,20H2,1-3H3/b31-17+/t32-/m0/s1. The summed E-state index contributed by atoms with van der Waals surface area (Å²) in [5.41, 5.74) is 1.97. The van der Waals surface area contributed by atoms with Crippen molar-refractivity contribution < 1.29 is 23.7 Å². The molecule has 0 N–H and O–H groups in total. The van der Waals surface area contributed by atoms with E-state index < -0.39 is 12.0 Å². The van der Waals surface area contributed by atoms with Gasteiger partial charge in [0.15, 0.2) is 16.3 Å². The lowest BCUT2D eigenvalue weighted by Gasteiger charge is -2.23. The van der Waals surface area contributed by atoms with Crippen molar-refractivity contribution in [3.63, 3.8) is 0 Å². The summed E-state index contributed by atoms with van der Waals surface area (Å²) in [7, 11) is 1.29. The van der Waals surface area contributed by atoms with Gasteiger partial charge >= 0.3 is 5.97 Å². The summed E-state index contributed by atoms with van der Waals surface area (Å²) in [6.07, 6.45) is 3.13. The zero-order valence-corrected chi connectivity index (χ0v) is 28.1. The summed E-state index contributed by atoms with van der Waals surface area (Å²) in [4.78, 5) is 32.0. The Kier molecular flexibility index (Phi) is 9.68. The van der Waals surface area contributed by atoms with Gasteiger partial charge in [0.05, 0.1) is 41.5 Å². The number of nitrogens with zero attached hydrogens (tertiary/aromatic N) is 2. The molecule has 1 aliphatic rings. The SMILES string of the molecule is CCOc1ccc([C@H]2C(C(=O)OC)=CN=c3s/c(=C/c4cc(Cl)cc(Cl)c4OCc4cccc5ccccc45)c(=O)n32)cc1OCC. The van der Waals surface area contributed by atoms with Crippen molar-refractivity contribution in [2.45, 2.75) is 26.5 Å². The first kappa shape index (κ1) is 32.4. The summed E-state index contributed by atoms with van der Waals surface area (Å²) in [5, 5.41) is 2.85. The monoisotopic (exact) mass is 688 g/mol. The number of hydrogen-bond donors (Lipinski definition) is 0. The maximum Gasteiger partial charge on any atom is 0.337 e. The lowest BCUT2D eigenvalue weighted by Crippen LogP contribution is -2.39. The van der Waals surface area contributed by atoms with Crippen LogP contribution in [0.3, 0.4) is 0 Å². The smallest absolute Gasteiger partial charge is 0.337 e. The molecule has 1 aliphatic heterocycles. The topological polar surface area (TPSA) is 88.4 Å². The van der Waals surface area contributed by atoms with Crippen LogP contribution in [0.25, 0.3) is 16.8 Å². The van der Waals surface area contributed by atoms with Crippen LogP contribution in [0.5, 0.6) is 17.2 Å². The third-order valence-electron chi connectivity index (χ3n) is 7.58. The molecule has 0 spiro atoms. The largest absolute Gasteiger partial charge is 0.490 e. The molecule has 0 aliphatic carbocycles. The van der Waals surface area contributed by atoms with Crippen molar-refractivity contribution in [3.05, 3.63) is 131 Å². The molecule has 1 aromatic heterocycles. The molecular formula is C36H30Cl2N2O6S. The minimum Gasteiger partial charge on any atom is -0.490 e. The number of methoxy groups -OCH3 is 1. The van der Waals surface area contributed by atoms with E-state index in [1.807, 2.05) is 56.3 Å². The molecule has 5 aromatic rings. The van der Waals surface area contributed by atoms with Crippen LogP contribution in [-0.4, -0.2) is 30.9 Å². The minimum absolute atomic E-state index is 0.197. The molecule has 0 radical (unpaired) electrons. The van der Waals surface area contributed by atoms with Crippen LogP contribution < -0.4 is 29.1 Å². The summed E-state index contributed by atoms with van der Waals surface area (Å²) in [6, 6.07) is 21.9. The minimum atomic E-state index is -0.833. The molecule has 47 heavy (non-hydrogen) atoms. The zero-order valence-electron chi connectivity index (χ0n) is 25.8. The van der Waals surface area contributed by atoms with Crippen molar-refractivity contribution in [1.29, 1.82) is 0 Å². The maximum absolute atomic E-state index is 14.2. The van der Waals surface area contributed by atoms with Gasteiger partial charge in [0.2, 0.25) is 0 Å². The summed E-state index contributed by atoms with van der Waals surface area (Å²) in [5.74, 6) is 0.833. The van der Waals surface area contributed by atoms with E-state index >= 15 is 0 Å². The van der Waals surface area contributed by atoms with Crippen LogP contribution in [0, 0.1) is 0 Å². The highest BCUT2D eigenvalue weighted by Crippen LogP contribution is 2.36. The molecule has 0 saturated heterocycles. The molecule has 6 rings (SSSR count). The molecule has 0 saturated carbocycles. The molecule has 0 unspecified atom stereocenters. The Balaban J connectivity index is 1.45. The normalized spacial score (nSPS) is 14.3. The number of thiazole rings is 1. The van der Waals surface area contributed by atoms with Crippen molar-refractivity contribution in [2.75, 3.05) is 20.3 Å². The number of carbonyl (C=O) groups is 1. The van der Waals surface area contributed by atoms with E-state index in [2.05, 4.69) is 4.99 Å². The number of aromatic nitrogens is 1. The van der Waals surface area contributed by atoms with E-state index in [-0.39, 0.29) is 17.7 Å². The Morgan fingerprint density at radius 1 is 0.957 bits per heavy atom. The Morgan fingerprint density at radius 3 is 2.51 bits per heavy atom. The molecule has 4 aromatic carbocycles. The highest BCUT2D eigenvalue weighted by Gasteiger charge is 2.31. The maximum atomic E-state index is 14.2. The number of esters is 1.